The maximum Gasteiger partial charge on any atom is 0.416 e. The van der Waals surface area contributed by atoms with Gasteiger partial charge < -0.3 is 20.5 Å². The minimum atomic E-state index is -4.57. The molecule has 15 heteroatoms. The SMILES string of the molecule is Cc1ccc(NC(=O)c2cc(CNC(=O)c3ncnc(NCCN=O)c3Cl)no2)cc1C(F)(F)F. The van der Waals surface area contributed by atoms with E-state index < -0.39 is 23.6 Å². The van der Waals surface area contributed by atoms with Crippen molar-refractivity contribution in [2.75, 3.05) is 23.7 Å². The first kappa shape index (κ1) is 25.6. The van der Waals surface area contributed by atoms with Crippen LogP contribution in [0.2, 0.25) is 5.02 Å². The van der Waals surface area contributed by atoms with Gasteiger partial charge >= 0.3 is 6.18 Å². The standard InChI is InChI=1S/C20H17ClF3N7O4/c1-10-2-3-11(6-13(10)20(22,23)24)30-18(32)14-7-12(31-35-14)8-26-19(33)16-15(21)17(28-9-27-16)25-4-5-29-34/h2-3,6-7,9H,4-5,8H2,1H3,(H,26,33)(H,30,32)(H,25,27,28). The average molecular weight is 512 g/mol. The molecule has 0 bridgehead atoms. The summed E-state index contributed by atoms with van der Waals surface area (Å²) in [7, 11) is 0. The van der Waals surface area contributed by atoms with Gasteiger partial charge in [-0.3, -0.25) is 9.59 Å². The van der Waals surface area contributed by atoms with Crippen LogP contribution in [0.3, 0.4) is 0 Å². The predicted molar refractivity (Wildman–Crippen MR) is 118 cm³/mol. The molecule has 0 aliphatic carbocycles. The summed E-state index contributed by atoms with van der Waals surface area (Å²) in [4.78, 5) is 42.6. The van der Waals surface area contributed by atoms with E-state index in [0.29, 0.717) is 0 Å². The summed E-state index contributed by atoms with van der Waals surface area (Å²) < 4.78 is 44.1. The Balaban J connectivity index is 1.62. The first-order valence-electron chi connectivity index (χ1n) is 9.86. The van der Waals surface area contributed by atoms with Crippen molar-refractivity contribution in [3.63, 3.8) is 0 Å². The third kappa shape index (κ3) is 6.50. The average Bonchev–Trinajstić information content (AvgIpc) is 3.28. The molecule has 1 aromatic carbocycles. The van der Waals surface area contributed by atoms with Crippen molar-refractivity contribution in [3.05, 3.63) is 68.8 Å². The third-order valence-corrected chi connectivity index (χ3v) is 4.87. The van der Waals surface area contributed by atoms with Crippen molar-refractivity contribution < 1.29 is 27.3 Å². The molecule has 2 aromatic heterocycles. The van der Waals surface area contributed by atoms with Gasteiger partial charge in [-0.25, -0.2) is 9.97 Å². The number of aryl methyl sites for hydroxylation is 1. The minimum Gasteiger partial charge on any atom is -0.367 e. The van der Waals surface area contributed by atoms with Gasteiger partial charge in [-0.2, -0.15) is 18.1 Å². The second-order valence-electron chi connectivity index (χ2n) is 7.01. The van der Waals surface area contributed by atoms with Crippen molar-refractivity contribution >= 4 is 34.9 Å². The lowest BCUT2D eigenvalue weighted by molar-refractivity contribution is -0.138. The fraction of sp³-hybridized carbons (Fsp3) is 0.250. The minimum absolute atomic E-state index is 0.0119. The Bertz CT molecular complexity index is 1250. The summed E-state index contributed by atoms with van der Waals surface area (Å²) in [6.45, 7) is 1.27. The van der Waals surface area contributed by atoms with Crippen LogP contribution in [-0.2, 0) is 12.7 Å². The van der Waals surface area contributed by atoms with Crippen molar-refractivity contribution in [2.24, 2.45) is 5.18 Å². The Morgan fingerprint density at radius 1 is 1.17 bits per heavy atom. The van der Waals surface area contributed by atoms with Crippen molar-refractivity contribution in [1.82, 2.24) is 20.4 Å². The summed E-state index contributed by atoms with van der Waals surface area (Å²) in [6, 6.07) is 4.59. The van der Waals surface area contributed by atoms with Crippen LogP contribution < -0.4 is 16.0 Å². The zero-order chi connectivity index (χ0) is 25.6. The highest BCUT2D eigenvalue weighted by atomic mass is 35.5. The molecule has 0 spiro atoms. The van der Waals surface area contributed by atoms with Gasteiger partial charge in [-0.15, -0.1) is 0 Å². The first-order chi connectivity index (χ1) is 16.6. The van der Waals surface area contributed by atoms with Gasteiger partial charge in [0, 0.05) is 18.3 Å². The van der Waals surface area contributed by atoms with Crippen LogP contribution in [0.5, 0.6) is 0 Å². The number of hydrogen-bond acceptors (Lipinski definition) is 9. The second-order valence-corrected chi connectivity index (χ2v) is 7.39. The molecule has 0 atom stereocenters. The van der Waals surface area contributed by atoms with E-state index in [0.717, 1.165) is 12.4 Å². The molecule has 3 N–H and O–H groups in total. The number of anilines is 2. The Hall–Kier alpha value is -4.07. The summed E-state index contributed by atoms with van der Waals surface area (Å²) in [6.07, 6.45) is -3.47. The van der Waals surface area contributed by atoms with E-state index in [1.165, 1.54) is 25.1 Å². The number of rotatable bonds is 9. The van der Waals surface area contributed by atoms with Gasteiger partial charge in [0.05, 0.1) is 18.7 Å². The number of amides is 2. The Morgan fingerprint density at radius 3 is 2.66 bits per heavy atom. The molecule has 0 aliphatic rings. The van der Waals surface area contributed by atoms with Gasteiger partial charge in [0.15, 0.2) is 5.69 Å². The summed E-state index contributed by atoms with van der Waals surface area (Å²) in [5.41, 5.74) is -0.935. The second kappa shape index (κ2) is 10.9. The zero-order valence-electron chi connectivity index (χ0n) is 17.9. The van der Waals surface area contributed by atoms with Crippen molar-refractivity contribution in [2.45, 2.75) is 19.6 Å². The molecule has 184 valence electrons. The first-order valence-corrected chi connectivity index (χ1v) is 10.2. The van der Waals surface area contributed by atoms with Crippen molar-refractivity contribution in [3.8, 4) is 0 Å². The van der Waals surface area contributed by atoms with E-state index >= 15 is 0 Å². The largest absolute Gasteiger partial charge is 0.416 e. The van der Waals surface area contributed by atoms with E-state index in [-0.39, 0.29) is 58.9 Å². The van der Waals surface area contributed by atoms with Gasteiger partial charge in [0.1, 0.15) is 22.9 Å². The van der Waals surface area contributed by atoms with Crippen LogP contribution in [0.25, 0.3) is 0 Å². The van der Waals surface area contributed by atoms with Gasteiger partial charge in [0.25, 0.3) is 11.8 Å². The molecule has 11 nitrogen and oxygen atoms in total. The molecule has 3 rings (SSSR count). The van der Waals surface area contributed by atoms with E-state index in [1.54, 1.807) is 0 Å². The Kier molecular flexibility index (Phi) is 7.96. The Labute approximate surface area is 200 Å². The van der Waals surface area contributed by atoms with E-state index in [9.17, 15) is 27.7 Å². The molecule has 0 unspecified atom stereocenters. The van der Waals surface area contributed by atoms with Gasteiger partial charge in [0.2, 0.25) is 5.76 Å². The molecule has 2 amide bonds. The third-order valence-electron chi connectivity index (χ3n) is 4.51. The highest BCUT2D eigenvalue weighted by Gasteiger charge is 2.32. The number of nitrogens with one attached hydrogen (secondary N) is 3. The number of nitroso groups, excluding NO2 is 1. The van der Waals surface area contributed by atoms with Crippen LogP contribution in [0.15, 0.2) is 40.3 Å². The number of carbonyl (C=O) groups excluding carboxylic acids is 2. The lowest BCUT2D eigenvalue weighted by Gasteiger charge is -2.12. The number of halogens is 4. The predicted octanol–water partition coefficient (Wildman–Crippen LogP) is 3.81. The van der Waals surface area contributed by atoms with Crippen LogP contribution in [-0.4, -0.2) is 40.0 Å². The molecule has 0 saturated heterocycles. The lowest BCUT2D eigenvalue weighted by Crippen LogP contribution is -2.25. The van der Waals surface area contributed by atoms with Crippen molar-refractivity contribution in [1.29, 1.82) is 0 Å². The van der Waals surface area contributed by atoms with Crippen LogP contribution in [0.4, 0.5) is 24.7 Å². The van der Waals surface area contributed by atoms with E-state index in [1.807, 2.05) is 0 Å². The quantitative estimate of drug-likeness (QED) is 0.290. The molecule has 35 heavy (non-hydrogen) atoms. The van der Waals surface area contributed by atoms with E-state index in [4.69, 9.17) is 16.1 Å². The number of benzene rings is 1. The molecule has 0 saturated carbocycles. The summed E-state index contributed by atoms with van der Waals surface area (Å²) in [5.74, 6) is -1.65. The number of hydrogen-bond donors (Lipinski definition) is 3. The highest BCUT2D eigenvalue weighted by Crippen LogP contribution is 2.33. The number of alkyl halides is 3. The van der Waals surface area contributed by atoms with Crippen LogP contribution in [0.1, 0.15) is 37.9 Å². The maximum absolute atomic E-state index is 13.1. The van der Waals surface area contributed by atoms with Crippen LogP contribution in [0, 0.1) is 11.8 Å². The monoisotopic (exact) mass is 511 g/mol. The zero-order valence-corrected chi connectivity index (χ0v) is 18.7. The topological polar surface area (TPSA) is 151 Å². The summed E-state index contributed by atoms with van der Waals surface area (Å²) in [5, 5.41) is 13.8. The lowest BCUT2D eigenvalue weighted by atomic mass is 10.1. The fourth-order valence-corrected chi connectivity index (χ4v) is 3.08. The number of carbonyl (C=O) groups is 2. The van der Waals surface area contributed by atoms with Crippen LogP contribution >= 0.6 is 11.6 Å². The molecular weight excluding hydrogens is 495 g/mol. The molecular formula is C20H17ClF3N7O4. The fourth-order valence-electron chi connectivity index (χ4n) is 2.83. The van der Waals surface area contributed by atoms with Gasteiger partial charge in [-0.1, -0.05) is 28.0 Å². The smallest absolute Gasteiger partial charge is 0.367 e. The number of nitrogens with zero attached hydrogens (tertiary/aromatic N) is 4. The highest BCUT2D eigenvalue weighted by molar-refractivity contribution is 6.35. The molecule has 0 fully saturated rings. The molecule has 0 radical (unpaired) electrons. The molecule has 3 aromatic rings. The summed E-state index contributed by atoms with van der Waals surface area (Å²) >= 11 is 6.12. The maximum atomic E-state index is 13.1. The normalized spacial score (nSPS) is 11.1. The molecule has 0 aliphatic heterocycles. The number of aromatic nitrogens is 3. The van der Waals surface area contributed by atoms with E-state index in [2.05, 4.69) is 36.3 Å². The Morgan fingerprint density at radius 2 is 1.94 bits per heavy atom. The molecule has 2 heterocycles. The van der Waals surface area contributed by atoms with Gasteiger partial charge in [-0.05, 0) is 24.6 Å².